The number of nitrogens with one attached hydrogen (secondary N) is 1. The largest absolute Gasteiger partial charge is 0.453 e. The molecule has 0 aliphatic heterocycles. The van der Waals surface area contributed by atoms with E-state index in [-0.39, 0.29) is 12.1 Å². The van der Waals surface area contributed by atoms with Gasteiger partial charge in [0.05, 0.1) is 12.1 Å². The molecule has 0 atom stereocenters. The molecule has 8 heteroatoms. The minimum Gasteiger partial charge on any atom is -0.453 e. The molecule has 0 unspecified atom stereocenters. The molecule has 1 fully saturated rings. The van der Waals surface area contributed by atoms with Gasteiger partial charge in [0.1, 0.15) is 5.60 Å². The molecule has 1 aromatic heterocycles. The molecule has 1 heterocycles. The molecule has 2 aromatic rings. The van der Waals surface area contributed by atoms with Crippen LogP contribution in [0.1, 0.15) is 39.2 Å². The number of aromatic nitrogens is 1. The molecule has 0 saturated heterocycles. The fraction of sp³-hybridized carbons (Fsp3) is 0.524. The maximum Gasteiger partial charge on any atom is 0.410 e. The molecule has 1 aliphatic carbocycles. The smallest absolute Gasteiger partial charge is 0.410 e. The maximum absolute atomic E-state index is 12.6. The second kappa shape index (κ2) is 8.53. The topological polar surface area (TPSA) is 72.8 Å². The Hall–Kier alpha value is -2.41. The summed E-state index contributed by atoms with van der Waals surface area (Å²) in [6.45, 7) is 7.08. The Morgan fingerprint density at radius 1 is 1.31 bits per heavy atom. The second-order valence-electron chi connectivity index (χ2n) is 8.28. The number of hydrogen-bond acceptors (Lipinski definition) is 4. The first-order valence-corrected chi connectivity index (χ1v) is 10.1. The van der Waals surface area contributed by atoms with Gasteiger partial charge in [-0.15, -0.1) is 0 Å². The Bertz CT molecular complexity index is 899. The van der Waals surface area contributed by atoms with Crippen molar-refractivity contribution in [2.45, 2.75) is 58.3 Å². The molecule has 3 rings (SSSR count). The van der Waals surface area contributed by atoms with Crippen molar-refractivity contribution in [3.05, 3.63) is 35.0 Å². The third-order valence-electron chi connectivity index (χ3n) is 4.67. The molecule has 0 spiro atoms. The zero-order valence-electron chi connectivity index (χ0n) is 17.3. The van der Waals surface area contributed by atoms with Crippen molar-refractivity contribution in [2.24, 2.45) is 0 Å². The van der Waals surface area contributed by atoms with E-state index in [1.165, 1.54) is 7.11 Å². The molecular formula is C21H28ClN3O4. The van der Waals surface area contributed by atoms with Crippen LogP contribution in [0.15, 0.2) is 24.4 Å². The number of carbonyl (C=O) groups is 2. The number of halogens is 1. The number of rotatable bonds is 6. The first-order valence-electron chi connectivity index (χ1n) is 9.76. The number of benzene rings is 1. The van der Waals surface area contributed by atoms with Crippen molar-refractivity contribution in [3.63, 3.8) is 0 Å². The van der Waals surface area contributed by atoms with Crippen LogP contribution < -0.4 is 5.32 Å². The van der Waals surface area contributed by atoms with Crippen molar-refractivity contribution >= 4 is 34.7 Å². The highest BCUT2D eigenvalue weighted by atomic mass is 35.5. The SMILES string of the molecule is COC(=O)NCCn1cc(Cl)c2ccc(CN(C(=O)OC(C)(C)C)C3CC3)cc21. The van der Waals surface area contributed by atoms with Gasteiger partial charge in [-0.05, 0) is 45.2 Å². The number of methoxy groups -OCH3 is 1. The van der Waals surface area contributed by atoms with Crippen LogP contribution >= 0.6 is 11.6 Å². The quantitative estimate of drug-likeness (QED) is 0.742. The fourth-order valence-electron chi connectivity index (χ4n) is 3.17. The predicted octanol–water partition coefficient (Wildman–Crippen LogP) is 4.55. The van der Waals surface area contributed by atoms with Crippen LogP contribution in [0.5, 0.6) is 0 Å². The zero-order chi connectivity index (χ0) is 21.2. The van der Waals surface area contributed by atoms with Crippen molar-refractivity contribution in [2.75, 3.05) is 13.7 Å². The molecule has 158 valence electrons. The molecule has 1 N–H and O–H groups in total. The van der Waals surface area contributed by atoms with Crippen molar-refractivity contribution < 1.29 is 19.1 Å². The van der Waals surface area contributed by atoms with E-state index < -0.39 is 11.7 Å². The number of hydrogen-bond donors (Lipinski definition) is 1. The summed E-state index contributed by atoms with van der Waals surface area (Å²) in [6, 6.07) is 6.24. The number of alkyl carbamates (subject to hydrolysis) is 1. The van der Waals surface area contributed by atoms with Crippen LogP contribution in [0.3, 0.4) is 0 Å². The van der Waals surface area contributed by atoms with Gasteiger partial charge in [0.2, 0.25) is 0 Å². The first-order chi connectivity index (χ1) is 13.7. The van der Waals surface area contributed by atoms with Crippen molar-refractivity contribution in [1.82, 2.24) is 14.8 Å². The summed E-state index contributed by atoms with van der Waals surface area (Å²) in [4.78, 5) is 25.7. The molecule has 29 heavy (non-hydrogen) atoms. The van der Waals surface area contributed by atoms with Crippen LogP contribution in [0, 0.1) is 0 Å². The maximum atomic E-state index is 12.6. The van der Waals surface area contributed by atoms with Crippen molar-refractivity contribution in [1.29, 1.82) is 0 Å². The molecule has 1 aliphatic rings. The minimum atomic E-state index is -0.525. The molecule has 7 nitrogen and oxygen atoms in total. The normalized spacial score (nSPS) is 14.0. The number of fused-ring (bicyclic) bond motifs is 1. The third kappa shape index (κ3) is 5.56. The van der Waals surface area contributed by atoms with E-state index in [9.17, 15) is 9.59 Å². The van der Waals surface area contributed by atoms with E-state index in [0.29, 0.717) is 24.7 Å². The molecule has 2 amide bonds. The highest BCUT2D eigenvalue weighted by Crippen LogP contribution is 2.32. The lowest BCUT2D eigenvalue weighted by Crippen LogP contribution is -2.37. The van der Waals surface area contributed by atoms with Crippen molar-refractivity contribution in [3.8, 4) is 0 Å². The molecule has 0 bridgehead atoms. The first kappa shape index (κ1) is 21.3. The molecule has 1 aromatic carbocycles. The van der Waals surface area contributed by atoms with Gasteiger partial charge in [0, 0.05) is 42.8 Å². The standard InChI is InChI=1S/C21H28ClN3O4/c1-21(2,3)29-20(27)25(15-6-7-15)12-14-5-8-16-17(22)13-24(18(16)11-14)10-9-23-19(26)28-4/h5,8,11,13,15H,6-7,9-10,12H2,1-4H3,(H,23,26). The summed E-state index contributed by atoms with van der Waals surface area (Å²) in [5, 5.41) is 4.25. The number of carbonyl (C=O) groups excluding carboxylic acids is 2. The molecular weight excluding hydrogens is 394 g/mol. The van der Waals surface area contributed by atoms with Crippen LogP contribution in [0.2, 0.25) is 5.02 Å². The van der Waals surface area contributed by atoms with Gasteiger partial charge in [-0.25, -0.2) is 9.59 Å². The van der Waals surface area contributed by atoms with Gasteiger partial charge < -0.3 is 24.3 Å². The Balaban J connectivity index is 1.77. The average Bonchev–Trinajstić information content (AvgIpc) is 3.43. The van der Waals surface area contributed by atoms with E-state index in [4.69, 9.17) is 16.3 Å². The minimum absolute atomic E-state index is 0.236. The van der Waals surface area contributed by atoms with E-state index in [1.54, 1.807) is 4.90 Å². The van der Waals surface area contributed by atoms with Crippen LogP contribution in [-0.4, -0.2) is 47.0 Å². The van der Waals surface area contributed by atoms with E-state index in [1.807, 2.05) is 49.7 Å². The van der Waals surface area contributed by atoms with E-state index in [0.717, 1.165) is 29.3 Å². The number of amides is 2. The van der Waals surface area contributed by atoms with Gasteiger partial charge in [0.25, 0.3) is 0 Å². The Labute approximate surface area is 175 Å². The summed E-state index contributed by atoms with van der Waals surface area (Å²) < 4.78 is 12.2. The Morgan fingerprint density at radius 3 is 2.66 bits per heavy atom. The van der Waals surface area contributed by atoms with Gasteiger partial charge in [-0.3, -0.25) is 0 Å². The third-order valence-corrected chi connectivity index (χ3v) is 4.98. The lowest BCUT2D eigenvalue weighted by Gasteiger charge is -2.27. The molecule has 1 saturated carbocycles. The summed E-state index contributed by atoms with van der Waals surface area (Å²) in [5.41, 5.74) is 1.44. The van der Waals surface area contributed by atoms with Gasteiger partial charge in [-0.1, -0.05) is 23.7 Å². The summed E-state index contributed by atoms with van der Waals surface area (Å²) in [7, 11) is 1.33. The lowest BCUT2D eigenvalue weighted by molar-refractivity contribution is 0.0216. The fourth-order valence-corrected chi connectivity index (χ4v) is 3.45. The molecule has 0 radical (unpaired) electrons. The van der Waals surface area contributed by atoms with Crippen LogP contribution in [-0.2, 0) is 22.6 Å². The summed E-state index contributed by atoms with van der Waals surface area (Å²) >= 11 is 6.37. The van der Waals surface area contributed by atoms with Gasteiger partial charge in [0.15, 0.2) is 0 Å². The lowest BCUT2D eigenvalue weighted by atomic mass is 10.1. The van der Waals surface area contributed by atoms with Crippen LogP contribution in [0.4, 0.5) is 9.59 Å². The monoisotopic (exact) mass is 421 g/mol. The Morgan fingerprint density at radius 2 is 2.03 bits per heavy atom. The number of nitrogens with zero attached hydrogens (tertiary/aromatic N) is 2. The van der Waals surface area contributed by atoms with Crippen LogP contribution in [0.25, 0.3) is 10.9 Å². The average molecular weight is 422 g/mol. The van der Waals surface area contributed by atoms with Gasteiger partial charge in [-0.2, -0.15) is 0 Å². The Kier molecular flexibility index (Phi) is 6.27. The van der Waals surface area contributed by atoms with E-state index >= 15 is 0 Å². The second-order valence-corrected chi connectivity index (χ2v) is 8.69. The predicted molar refractivity (Wildman–Crippen MR) is 112 cm³/mol. The summed E-state index contributed by atoms with van der Waals surface area (Å²) in [6.07, 6.45) is 3.11. The van der Waals surface area contributed by atoms with E-state index in [2.05, 4.69) is 10.1 Å². The highest BCUT2D eigenvalue weighted by molar-refractivity contribution is 6.35. The number of ether oxygens (including phenoxy) is 2. The highest BCUT2D eigenvalue weighted by Gasteiger charge is 2.35. The zero-order valence-corrected chi connectivity index (χ0v) is 18.1. The van der Waals surface area contributed by atoms with Gasteiger partial charge >= 0.3 is 12.2 Å². The summed E-state index contributed by atoms with van der Waals surface area (Å²) in [5.74, 6) is 0.